The number of hydrazine groups is 1. The maximum atomic E-state index is 13.8. The van der Waals surface area contributed by atoms with Crippen molar-refractivity contribution in [2.75, 3.05) is 10.7 Å². The first-order chi connectivity index (χ1) is 9.79. The molecule has 5 nitrogen and oxygen atoms in total. The third-order valence-electron chi connectivity index (χ3n) is 2.74. The highest BCUT2D eigenvalue weighted by atomic mass is 35.5. The number of nitrogens with two attached hydrogens (primary N) is 1. The van der Waals surface area contributed by atoms with E-state index in [9.17, 15) is 4.39 Å². The first-order valence-corrected chi connectivity index (χ1v) is 6.75. The van der Waals surface area contributed by atoms with Crippen LogP contribution in [0.1, 0.15) is 26.6 Å². The molecule has 0 aliphatic rings. The minimum Gasteiger partial charge on any atom is -0.338 e. The van der Waals surface area contributed by atoms with Gasteiger partial charge in [-0.05, 0) is 18.2 Å². The van der Waals surface area contributed by atoms with Crippen molar-refractivity contribution in [2.24, 2.45) is 5.84 Å². The molecule has 1 aromatic carbocycles. The lowest BCUT2D eigenvalue weighted by molar-refractivity contribution is 0.547. The van der Waals surface area contributed by atoms with Gasteiger partial charge in [-0.25, -0.2) is 20.2 Å². The SMILES string of the molecule is CC(C)(C)c1nc(NN)cc(Nc2ccc(Cl)cc2F)n1. The predicted octanol–water partition coefficient (Wildman–Crippen LogP) is 3.60. The van der Waals surface area contributed by atoms with E-state index < -0.39 is 5.82 Å². The second kappa shape index (κ2) is 5.83. The van der Waals surface area contributed by atoms with Crippen molar-refractivity contribution >= 4 is 28.9 Å². The Bertz CT molecular complexity index is 654. The largest absolute Gasteiger partial charge is 0.338 e. The van der Waals surface area contributed by atoms with Crippen LogP contribution < -0.4 is 16.6 Å². The zero-order valence-electron chi connectivity index (χ0n) is 12.0. The second-order valence-corrected chi connectivity index (χ2v) is 6.04. The van der Waals surface area contributed by atoms with Gasteiger partial charge in [0, 0.05) is 16.5 Å². The number of aromatic nitrogens is 2. The summed E-state index contributed by atoms with van der Waals surface area (Å²) in [5.74, 6) is 6.45. The van der Waals surface area contributed by atoms with Crippen LogP contribution in [0.15, 0.2) is 24.3 Å². The van der Waals surface area contributed by atoms with Crippen molar-refractivity contribution < 1.29 is 4.39 Å². The van der Waals surface area contributed by atoms with Crippen LogP contribution in [-0.2, 0) is 5.41 Å². The Labute approximate surface area is 127 Å². The maximum absolute atomic E-state index is 13.8. The van der Waals surface area contributed by atoms with Gasteiger partial charge in [-0.3, -0.25) is 0 Å². The van der Waals surface area contributed by atoms with E-state index >= 15 is 0 Å². The van der Waals surface area contributed by atoms with Crippen molar-refractivity contribution in [3.05, 3.63) is 40.9 Å². The number of hydrogen-bond acceptors (Lipinski definition) is 5. The molecule has 7 heteroatoms. The Hall–Kier alpha value is -1.92. The zero-order chi connectivity index (χ0) is 15.6. The topological polar surface area (TPSA) is 75.9 Å². The second-order valence-electron chi connectivity index (χ2n) is 5.61. The number of benzene rings is 1. The highest BCUT2D eigenvalue weighted by molar-refractivity contribution is 6.30. The van der Waals surface area contributed by atoms with Gasteiger partial charge in [-0.1, -0.05) is 32.4 Å². The fourth-order valence-electron chi connectivity index (χ4n) is 1.65. The maximum Gasteiger partial charge on any atom is 0.148 e. The molecular formula is C14H17ClFN5. The average Bonchev–Trinajstić information content (AvgIpc) is 2.40. The van der Waals surface area contributed by atoms with Crippen LogP contribution in [-0.4, -0.2) is 9.97 Å². The van der Waals surface area contributed by atoms with Gasteiger partial charge in [0.15, 0.2) is 0 Å². The molecule has 21 heavy (non-hydrogen) atoms. The Kier molecular flexibility index (Phi) is 4.29. The Morgan fingerprint density at radius 1 is 1.14 bits per heavy atom. The first kappa shape index (κ1) is 15.5. The number of rotatable bonds is 3. The average molecular weight is 310 g/mol. The molecule has 2 aromatic rings. The van der Waals surface area contributed by atoms with Crippen LogP contribution in [0, 0.1) is 5.82 Å². The van der Waals surface area contributed by atoms with Gasteiger partial charge in [0.25, 0.3) is 0 Å². The standard InChI is InChI=1S/C14H17ClFN5/c1-14(2,3)13-19-11(7-12(20-13)21-17)18-10-5-4-8(15)6-9(10)16/h4-7H,17H2,1-3H3,(H2,18,19,20,21). The summed E-state index contributed by atoms with van der Waals surface area (Å²) in [7, 11) is 0. The Morgan fingerprint density at radius 3 is 2.38 bits per heavy atom. The fourth-order valence-corrected chi connectivity index (χ4v) is 1.81. The quantitative estimate of drug-likeness (QED) is 0.596. The van der Waals surface area contributed by atoms with Crippen molar-refractivity contribution in [1.82, 2.24) is 9.97 Å². The van der Waals surface area contributed by atoms with Gasteiger partial charge in [-0.2, -0.15) is 0 Å². The minimum absolute atomic E-state index is 0.262. The number of halogens is 2. The number of hydrogen-bond donors (Lipinski definition) is 3. The van der Waals surface area contributed by atoms with Crippen LogP contribution in [0.2, 0.25) is 5.02 Å². The molecule has 0 fully saturated rings. The third kappa shape index (κ3) is 3.80. The molecule has 2 rings (SSSR count). The van der Waals surface area contributed by atoms with Crippen molar-refractivity contribution in [3.63, 3.8) is 0 Å². The van der Waals surface area contributed by atoms with E-state index in [2.05, 4.69) is 20.7 Å². The summed E-state index contributed by atoms with van der Waals surface area (Å²) in [5.41, 5.74) is 2.50. The van der Waals surface area contributed by atoms with Gasteiger partial charge >= 0.3 is 0 Å². The summed E-state index contributed by atoms with van der Waals surface area (Å²) in [6.07, 6.45) is 0. The summed E-state index contributed by atoms with van der Waals surface area (Å²) in [6.45, 7) is 5.94. The molecule has 112 valence electrons. The van der Waals surface area contributed by atoms with E-state index in [0.29, 0.717) is 22.5 Å². The smallest absolute Gasteiger partial charge is 0.148 e. The van der Waals surface area contributed by atoms with E-state index in [1.54, 1.807) is 18.2 Å². The number of anilines is 3. The summed E-state index contributed by atoms with van der Waals surface area (Å²) in [5, 5.41) is 3.24. The van der Waals surface area contributed by atoms with Crippen LogP contribution in [0.4, 0.5) is 21.7 Å². The van der Waals surface area contributed by atoms with Crippen LogP contribution >= 0.6 is 11.6 Å². The van der Waals surface area contributed by atoms with Gasteiger partial charge in [-0.15, -0.1) is 0 Å². The van der Waals surface area contributed by atoms with Crippen molar-refractivity contribution in [3.8, 4) is 0 Å². The molecule has 0 aliphatic heterocycles. The highest BCUT2D eigenvalue weighted by Crippen LogP contribution is 2.26. The molecule has 0 bridgehead atoms. The van der Waals surface area contributed by atoms with Crippen LogP contribution in [0.3, 0.4) is 0 Å². The van der Waals surface area contributed by atoms with Gasteiger partial charge in [0.2, 0.25) is 0 Å². The predicted molar refractivity (Wildman–Crippen MR) is 83.2 cm³/mol. The molecule has 0 aliphatic carbocycles. The molecule has 0 unspecified atom stereocenters. The van der Waals surface area contributed by atoms with E-state index in [4.69, 9.17) is 17.4 Å². The molecule has 1 heterocycles. The lowest BCUT2D eigenvalue weighted by Crippen LogP contribution is -2.19. The number of nitrogens with zero attached hydrogens (tertiary/aromatic N) is 2. The third-order valence-corrected chi connectivity index (χ3v) is 2.97. The summed E-state index contributed by atoms with van der Waals surface area (Å²) in [4.78, 5) is 8.69. The van der Waals surface area contributed by atoms with Crippen LogP contribution in [0.5, 0.6) is 0 Å². The van der Waals surface area contributed by atoms with E-state index in [1.807, 2.05) is 20.8 Å². The molecule has 0 radical (unpaired) electrons. The van der Waals surface area contributed by atoms with Crippen molar-refractivity contribution in [2.45, 2.75) is 26.2 Å². The van der Waals surface area contributed by atoms with Crippen LogP contribution in [0.25, 0.3) is 0 Å². The first-order valence-electron chi connectivity index (χ1n) is 6.38. The Balaban J connectivity index is 2.39. The fraction of sp³-hybridized carbons (Fsp3) is 0.286. The van der Waals surface area contributed by atoms with Gasteiger partial charge in [0.05, 0.1) is 5.69 Å². The number of nitrogen functional groups attached to an aromatic ring is 1. The zero-order valence-corrected chi connectivity index (χ0v) is 12.8. The van der Waals surface area contributed by atoms with E-state index in [1.165, 1.54) is 6.07 Å². The van der Waals surface area contributed by atoms with Crippen molar-refractivity contribution in [1.29, 1.82) is 0 Å². The summed E-state index contributed by atoms with van der Waals surface area (Å²) >= 11 is 5.73. The van der Waals surface area contributed by atoms with E-state index in [-0.39, 0.29) is 11.1 Å². The molecule has 0 saturated heterocycles. The molecule has 4 N–H and O–H groups in total. The summed E-state index contributed by atoms with van der Waals surface area (Å²) in [6, 6.07) is 5.98. The molecule has 0 saturated carbocycles. The molecular weight excluding hydrogens is 293 g/mol. The lowest BCUT2D eigenvalue weighted by atomic mass is 9.96. The highest BCUT2D eigenvalue weighted by Gasteiger charge is 2.19. The number of nitrogens with one attached hydrogen (secondary N) is 2. The normalized spacial score (nSPS) is 11.3. The summed E-state index contributed by atoms with van der Waals surface area (Å²) < 4.78 is 13.8. The molecule has 0 amide bonds. The van der Waals surface area contributed by atoms with E-state index in [0.717, 1.165) is 0 Å². The molecule has 0 atom stereocenters. The minimum atomic E-state index is -0.458. The monoisotopic (exact) mass is 309 g/mol. The molecule has 0 spiro atoms. The Morgan fingerprint density at radius 2 is 1.81 bits per heavy atom. The molecule has 1 aromatic heterocycles. The lowest BCUT2D eigenvalue weighted by Gasteiger charge is -2.19. The van der Waals surface area contributed by atoms with Gasteiger partial charge < -0.3 is 10.7 Å². The van der Waals surface area contributed by atoms with Gasteiger partial charge in [0.1, 0.15) is 23.3 Å².